The largest absolute Gasteiger partial charge is 0.336 e. The summed E-state index contributed by atoms with van der Waals surface area (Å²) in [6, 6.07) is 46.2. The molecule has 296 valence electrons. The van der Waals surface area contributed by atoms with Gasteiger partial charge in [-0.15, -0.1) is 0 Å². The first-order valence-corrected chi connectivity index (χ1v) is 20.3. The number of pyridine rings is 1. The van der Waals surface area contributed by atoms with Crippen molar-refractivity contribution >= 4 is 56.6 Å². The molecule has 0 spiro atoms. The molecule has 0 amide bonds. The van der Waals surface area contributed by atoms with Gasteiger partial charge in [0.1, 0.15) is 11.6 Å². The van der Waals surface area contributed by atoms with Crippen molar-refractivity contribution in [1.82, 2.24) is 14.1 Å². The van der Waals surface area contributed by atoms with Crippen molar-refractivity contribution in [1.29, 1.82) is 0 Å². The molecule has 61 heavy (non-hydrogen) atoms. The smallest absolute Gasteiger partial charge is 0.298 e. The number of aryl methyl sites for hydroxylation is 1. The van der Waals surface area contributed by atoms with Crippen LogP contribution in [0.25, 0.3) is 27.5 Å². The van der Waals surface area contributed by atoms with Crippen LogP contribution >= 0.6 is 23.2 Å². The quantitative estimate of drug-likeness (QED) is 0.131. The third-order valence-corrected chi connectivity index (χ3v) is 11.2. The zero-order valence-electron chi connectivity index (χ0n) is 33.0. The van der Waals surface area contributed by atoms with Crippen LogP contribution in [0.3, 0.4) is 0 Å². The van der Waals surface area contributed by atoms with Gasteiger partial charge in [-0.05, 0) is 96.9 Å². The molecule has 0 radical (unpaired) electrons. The highest BCUT2D eigenvalue weighted by atomic mass is 35.5. The molecular weight excluding hydrogens is 801 g/mol. The summed E-state index contributed by atoms with van der Waals surface area (Å²) in [6.45, 7) is 4.13. The number of nitrogens with zero attached hydrogens (tertiary/aromatic N) is 3. The van der Waals surface area contributed by atoms with E-state index in [0.29, 0.717) is 55.6 Å². The van der Waals surface area contributed by atoms with Crippen molar-refractivity contribution in [3.8, 4) is 29.4 Å². The van der Waals surface area contributed by atoms with E-state index in [1.165, 1.54) is 0 Å². The Bertz CT molecular complexity index is 3280. The fourth-order valence-corrected chi connectivity index (χ4v) is 7.95. The van der Waals surface area contributed by atoms with E-state index in [0.717, 1.165) is 32.2 Å². The average Bonchev–Trinajstić information content (AvgIpc) is 3.29. The van der Waals surface area contributed by atoms with Crippen molar-refractivity contribution in [2.45, 2.75) is 32.2 Å². The second kappa shape index (κ2) is 17.5. The Kier molecular flexibility index (Phi) is 11.6. The molecule has 9 heteroatoms. The first kappa shape index (κ1) is 40.5. The maximum absolute atomic E-state index is 13.4. The zero-order valence-corrected chi connectivity index (χ0v) is 34.5. The van der Waals surface area contributed by atoms with Gasteiger partial charge in [-0.1, -0.05) is 127 Å². The average molecular weight is 837 g/mol. The van der Waals surface area contributed by atoms with Gasteiger partial charge in [0.05, 0.1) is 27.1 Å². The van der Waals surface area contributed by atoms with E-state index < -0.39 is 17.5 Å². The molecule has 6 aromatic carbocycles. The van der Waals surface area contributed by atoms with Crippen LogP contribution < -0.4 is 11.2 Å². The van der Waals surface area contributed by atoms with Gasteiger partial charge in [0.2, 0.25) is 0 Å². The van der Waals surface area contributed by atoms with Crippen LogP contribution in [0.2, 0.25) is 10.0 Å². The number of carbonyl (C=O) groups excluding carboxylic acids is 2. The van der Waals surface area contributed by atoms with E-state index in [2.05, 4.69) is 28.7 Å². The number of benzene rings is 6. The fourth-order valence-electron chi connectivity index (χ4n) is 7.40. The normalized spacial score (nSPS) is 14.2. The van der Waals surface area contributed by atoms with E-state index in [9.17, 15) is 19.2 Å². The molecular formula is C52H35Cl2N3O4. The summed E-state index contributed by atoms with van der Waals surface area (Å²) in [6.07, 6.45) is 0. The SMILES string of the molecule is CC1C(=O)C(c2ccc(C#Cc3ccccc3)cc2Cl)C(=O)c2nc3ccccc3cc21.CCn1c(=O)n(-c2ccc(C#Cc3ccccc3)cc2Cl)c(=O)c2ccccc21. The van der Waals surface area contributed by atoms with Gasteiger partial charge in [0.15, 0.2) is 11.6 Å². The van der Waals surface area contributed by atoms with Gasteiger partial charge < -0.3 is 0 Å². The summed E-state index contributed by atoms with van der Waals surface area (Å²) in [5.74, 6) is 10.4. The molecule has 0 saturated carbocycles. The minimum atomic E-state index is -0.963. The molecule has 1 aliphatic rings. The highest BCUT2D eigenvalue weighted by Gasteiger charge is 2.42. The monoisotopic (exact) mass is 835 g/mol. The standard InChI is InChI=1S/C28H18ClNO2.C24H17ClN2O2/c1-17-22-16-20-9-5-6-10-24(20)30-26(22)28(32)25(27(17)31)21-14-13-19(15-23(21)29)12-11-18-7-3-2-4-8-18;1-2-26-21-11-7-6-10-19(21)23(28)27(24(26)29)22-15-14-18(16-20(22)25)13-12-17-8-4-3-5-9-17/h2-10,13-17,25H,1H3;3-11,14-16H,2H2,1H3. The molecule has 2 unspecified atom stereocenters. The second-order valence-electron chi connectivity index (χ2n) is 14.4. The minimum Gasteiger partial charge on any atom is -0.298 e. The minimum absolute atomic E-state index is 0.162. The Hall–Kier alpha value is -7.29. The van der Waals surface area contributed by atoms with Gasteiger partial charge in [0.25, 0.3) is 5.56 Å². The van der Waals surface area contributed by atoms with Crippen LogP contribution in [0.15, 0.2) is 161 Å². The Labute approximate surface area is 361 Å². The zero-order chi connectivity index (χ0) is 42.6. The number of hydrogen-bond acceptors (Lipinski definition) is 5. The van der Waals surface area contributed by atoms with Gasteiger partial charge in [-0.3, -0.25) is 19.0 Å². The van der Waals surface area contributed by atoms with Crippen LogP contribution in [-0.2, 0) is 11.3 Å². The third-order valence-electron chi connectivity index (χ3n) is 10.5. The maximum atomic E-state index is 13.4. The molecule has 0 N–H and O–H groups in total. The number of rotatable bonds is 3. The number of halogens is 2. The van der Waals surface area contributed by atoms with Crippen molar-refractivity contribution in [3.05, 3.63) is 222 Å². The molecule has 7 nitrogen and oxygen atoms in total. The van der Waals surface area contributed by atoms with Crippen LogP contribution in [0.5, 0.6) is 0 Å². The highest BCUT2D eigenvalue weighted by Crippen LogP contribution is 2.40. The Balaban J connectivity index is 0.000000169. The van der Waals surface area contributed by atoms with Crippen LogP contribution in [-0.4, -0.2) is 25.7 Å². The number of fused-ring (bicyclic) bond motifs is 3. The van der Waals surface area contributed by atoms with Crippen molar-refractivity contribution < 1.29 is 9.59 Å². The lowest BCUT2D eigenvalue weighted by Crippen LogP contribution is -2.38. The Morgan fingerprint density at radius 3 is 1.82 bits per heavy atom. The topological polar surface area (TPSA) is 91.0 Å². The fraction of sp³-hybridized carbons (Fsp3) is 0.0962. The lowest BCUT2D eigenvalue weighted by molar-refractivity contribution is -0.120. The molecule has 2 aromatic heterocycles. The first-order chi connectivity index (χ1) is 29.6. The summed E-state index contributed by atoms with van der Waals surface area (Å²) in [7, 11) is 0. The molecule has 0 aliphatic heterocycles. The number of carbonyl (C=O) groups is 2. The predicted octanol–water partition coefficient (Wildman–Crippen LogP) is 10.2. The van der Waals surface area contributed by atoms with Crippen LogP contribution in [0.1, 0.15) is 69.6 Å². The van der Waals surface area contributed by atoms with Crippen molar-refractivity contribution in [2.75, 3.05) is 0 Å². The summed E-state index contributed by atoms with van der Waals surface area (Å²) in [4.78, 5) is 57.3. The Morgan fingerprint density at radius 2 is 1.18 bits per heavy atom. The molecule has 2 heterocycles. The third kappa shape index (κ3) is 8.18. The van der Waals surface area contributed by atoms with Crippen molar-refractivity contribution in [3.63, 3.8) is 0 Å². The van der Waals surface area contributed by atoms with Crippen LogP contribution in [0.4, 0.5) is 0 Å². The van der Waals surface area contributed by atoms with Gasteiger partial charge in [-0.25, -0.2) is 14.3 Å². The van der Waals surface area contributed by atoms with E-state index in [1.807, 2.05) is 111 Å². The molecule has 1 aliphatic carbocycles. The molecule has 9 rings (SSSR count). The van der Waals surface area contributed by atoms with Crippen molar-refractivity contribution in [2.24, 2.45) is 0 Å². The van der Waals surface area contributed by atoms with Gasteiger partial charge >= 0.3 is 5.69 Å². The lowest BCUT2D eigenvalue weighted by atomic mass is 9.74. The summed E-state index contributed by atoms with van der Waals surface area (Å²) in [5, 5.41) is 2.03. The molecule has 0 fully saturated rings. The number of hydrogen-bond donors (Lipinski definition) is 0. The number of para-hydroxylation sites is 2. The summed E-state index contributed by atoms with van der Waals surface area (Å²) < 4.78 is 2.69. The van der Waals surface area contributed by atoms with E-state index >= 15 is 0 Å². The Morgan fingerprint density at radius 1 is 0.607 bits per heavy atom. The van der Waals surface area contributed by atoms with Gasteiger partial charge in [0, 0.05) is 45.1 Å². The van der Waals surface area contributed by atoms with E-state index in [1.54, 1.807) is 59.2 Å². The number of ketones is 2. The maximum Gasteiger partial charge on any atom is 0.336 e. The first-order valence-electron chi connectivity index (χ1n) is 19.6. The second-order valence-corrected chi connectivity index (χ2v) is 15.2. The molecule has 2 atom stereocenters. The summed E-state index contributed by atoms with van der Waals surface area (Å²) >= 11 is 13.0. The predicted molar refractivity (Wildman–Crippen MR) is 243 cm³/mol. The number of aromatic nitrogens is 3. The van der Waals surface area contributed by atoms with Crippen LogP contribution in [0, 0.1) is 23.7 Å². The molecule has 8 aromatic rings. The highest BCUT2D eigenvalue weighted by molar-refractivity contribution is 6.33. The van der Waals surface area contributed by atoms with E-state index in [4.69, 9.17) is 23.2 Å². The molecule has 0 saturated heterocycles. The van der Waals surface area contributed by atoms with E-state index in [-0.39, 0.29) is 17.1 Å². The lowest BCUT2D eigenvalue weighted by Gasteiger charge is -2.27. The van der Waals surface area contributed by atoms with Gasteiger partial charge in [-0.2, -0.15) is 0 Å². The molecule has 0 bridgehead atoms. The number of Topliss-reactive ketones (excluding diaryl/α,β-unsaturated/α-hetero) is 2. The summed E-state index contributed by atoms with van der Waals surface area (Å²) in [5.41, 5.74) is 5.63.